The summed E-state index contributed by atoms with van der Waals surface area (Å²) in [4.78, 5) is 0. The minimum absolute atomic E-state index is 0.136. The molecule has 0 aromatic heterocycles. The lowest BCUT2D eigenvalue weighted by atomic mass is 9.71. The van der Waals surface area contributed by atoms with E-state index in [-0.39, 0.29) is 10.8 Å². The predicted octanol–water partition coefficient (Wildman–Crippen LogP) is 4.60. The van der Waals surface area contributed by atoms with Gasteiger partial charge in [-0.2, -0.15) is 0 Å². The molecule has 19 heavy (non-hydrogen) atoms. The van der Waals surface area contributed by atoms with Crippen molar-refractivity contribution in [2.45, 2.75) is 51.6 Å². The van der Waals surface area contributed by atoms with Crippen LogP contribution in [0.4, 0.5) is 4.39 Å². The minimum Gasteiger partial charge on any atom is -0.390 e. The second kappa shape index (κ2) is 5.80. The zero-order valence-electron chi connectivity index (χ0n) is 11.6. The van der Waals surface area contributed by atoms with Crippen molar-refractivity contribution < 1.29 is 9.50 Å². The zero-order valence-corrected chi connectivity index (χ0v) is 12.4. The van der Waals surface area contributed by atoms with Crippen LogP contribution in [0.3, 0.4) is 0 Å². The van der Waals surface area contributed by atoms with Crippen LogP contribution in [-0.4, -0.2) is 10.7 Å². The van der Waals surface area contributed by atoms with Crippen molar-refractivity contribution in [2.24, 2.45) is 11.8 Å². The smallest absolute Gasteiger partial charge is 0.145 e. The molecule has 0 aliphatic heterocycles. The summed E-state index contributed by atoms with van der Waals surface area (Å²) in [6.07, 6.45) is 4.06. The first-order valence-electron chi connectivity index (χ1n) is 7.06. The molecule has 3 heteroatoms. The maximum absolute atomic E-state index is 13.9. The lowest BCUT2D eigenvalue weighted by Crippen LogP contribution is -2.39. The summed E-state index contributed by atoms with van der Waals surface area (Å²) in [5, 5.41) is 10.9. The van der Waals surface area contributed by atoms with Crippen molar-refractivity contribution in [3.63, 3.8) is 0 Å². The Morgan fingerprint density at radius 3 is 2.89 bits per heavy atom. The van der Waals surface area contributed by atoms with E-state index < -0.39 is 5.60 Å². The molecule has 0 radical (unpaired) electrons. The first kappa shape index (κ1) is 14.8. The first-order chi connectivity index (χ1) is 8.91. The van der Waals surface area contributed by atoms with E-state index in [9.17, 15) is 9.50 Å². The number of benzene rings is 1. The second-order valence-electron chi connectivity index (χ2n) is 6.21. The molecule has 1 saturated carbocycles. The van der Waals surface area contributed by atoms with E-state index in [4.69, 9.17) is 11.6 Å². The Labute approximate surface area is 119 Å². The summed E-state index contributed by atoms with van der Waals surface area (Å²) in [5.41, 5.74) is -0.252. The van der Waals surface area contributed by atoms with Gasteiger partial charge in [-0.15, -0.1) is 0 Å². The van der Waals surface area contributed by atoms with Crippen LogP contribution in [0.25, 0.3) is 0 Å². The molecule has 0 saturated heterocycles. The Kier molecular flexibility index (Phi) is 4.52. The lowest BCUT2D eigenvalue weighted by Gasteiger charge is -2.38. The molecule has 0 amide bonds. The Bertz CT molecular complexity index is 446. The summed E-state index contributed by atoms with van der Waals surface area (Å²) in [5.74, 6) is 0.710. The molecule has 1 nitrogen and oxygen atoms in total. The van der Waals surface area contributed by atoms with Gasteiger partial charge in [0.15, 0.2) is 0 Å². The zero-order chi connectivity index (χ0) is 14.0. The standard InChI is InChI=1S/C16H22ClFO/c1-11(2)12-6-4-8-16(19,9-12)10-13-5-3-7-14(17)15(13)18/h3,5,7,11-12,19H,4,6,8-10H2,1-2H3. The molecule has 0 bridgehead atoms. The number of halogens is 2. The Balaban J connectivity index is 2.14. The van der Waals surface area contributed by atoms with Crippen LogP contribution in [0.1, 0.15) is 45.1 Å². The third-order valence-electron chi connectivity index (χ3n) is 4.35. The van der Waals surface area contributed by atoms with Gasteiger partial charge in [-0.3, -0.25) is 0 Å². The highest BCUT2D eigenvalue weighted by Crippen LogP contribution is 2.38. The second-order valence-corrected chi connectivity index (χ2v) is 6.62. The van der Waals surface area contributed by atoms with Crippen molar-refractivity contribution in [1.82, 2.24) is 0 Å². The molecule has 2 unspecified atom stereocenters. The van der Waals surface area contributed by atoms with E-state index in [1.807, 2.05) is 0 Å². The quantitative estimate of drug-likeness (QED) is 0.860. The van der Waals surface area contributed by atoms with Crippen LogP contribution >= 0.6 is 11.6 Å². The molecular weight excluding hydrogens is 263 g/mol. The van der Waals surface area contributed by atoms with Crippen molar-refractivity contribution in [3.05, 3.63) is 34.6 Å². The Morgan fingerprint density at radius 2 is 2.21 bits per heavy atom. The van der Waals surface area contributed by atoms with Crippen LogP contribution in [0.15, 0.2) is 18.2 Å². The van der Waals surface area contributed by atoms with Crippen LogP contribution in [-0.2, 0) is 6.42 Å². The molecule has 2 atom stereocenters. The fourth-order valence-electron chi connectivity index (χ4n) is 3.15. The monoisotopic (exact) mass is 284 g/mol. The topological polar surface area (TPSA) is 20.2 Å². The molecule has 0 heterocycles. The van der Waals surface area contributed by atoms with E-state index in [0.29, 0.717) is 23.8 Å². The predicted molar refractivity (Wildman–Crippen MR) is 76.9 cm³/mol. The van der Waals surface area contributed by atoms with Gasteiger partial charge < -0.3 is 5.11 Å². The van der Waals surface area contributed by atoms with Gasteiger partial charge in [-0.1, -0.05) is 44.0 Å². The van der Waals surface area contributed by atoms with Gasteiger partial charge in [-0.05, 0) is 42.7 Å². The van der Waals surface area contributed by atoms with Crippen LogP contribution < -0.4 is 0 Å². The van der Waals surface area contributed by atoms with Crippen molar-refractivity contribution in [1.29, 1.82) is 0 Å². The van der Waals surface area contributed by atoms with E-state index in [1.54, 1.807) is 18.2 Å². The molecule has 1 aliphatic carbocycles. The molecular formula is C16H22ClFO. The summed E-state index contributed by atoms with van der Waals surface area (Å²) >= 11 is 5.80. The van der Waals surface area contributed by atoms with Gasteiger partial charge in [0.05, 0.1) is 10.6 Å². The summed E-state index contributed by atoms with van der Waals surface area (Å²) < 4.78 is 13.9. The Morgan fingerprint density at radius 1 is 1.47 bits per heavy atom. The van der Waals surface area contributed by atoms with E-state index >= 15 is 0 Å². The normalized spacial score (nSPS) is 27.8. The highest BCUT2D eigenvalue weighted by Gasteiger charge is 2.36. The number of aliphatic hydroxyl groups is 1. The van der Waals surface area contributed by atoms with E-state index in [2.05, 4.69) is 13.8 Å². The number of hydrogen-bond acceptors (Lipinski definition) is 1. The lowest BCUT2D eigenvalue weighted by molar-refractivity contribution is -0.0245. The van der Waals surface area contributed by atoms with Crippen molar-refractivity contribution in [2.75, 3.05) is 0 Å². The highest BCUT2D eigenvalue weighted by molar-refractivity contribution is 6.30. The SMILES string of the molecule is CC(C)C1CCCC(O)(Cc2cccc(Cl)c2F)C1. The van der Waals surface area contributed by atoms with Crippen LogP contribution in [0, 0.1) is 17.7 Å². The third-order valence-corrected chi connectivity index (χ3v) is 4.64. The first-order valence-corrected chi connectivity index (χ1v) is 7.44. The van der Waals surface area contributed by atoms with Gasteiger partial charge in [-0.25, -0.2) is 4.39 Å². The van der Waals surface area contributed by atoms with Gasteiger partial charge >= 0.3 is 0 Å². The maximum Gasteiger partial charge on any atom is 0.145 e. The number of hydrogen-bond donors (Lipinski definition) is 1. The van der Waals surface area contributed by atoms with Gasteiger partial charge in [0, 0.05) is 6.42 Å². The average Bonchev–Trinajstić information content (AvgIpc) is 2.35. The molecule has 1 aromatic carbocycles. The highest BCUT2D eigenvalue weighted by atomic mass is 35.5. The fraction of sp³-hybridized carbons (Fsp3) is 0.625. The Hall–Kier alpha value is -0.600. The molecule has 1 fully saturated rings. The van der Waals surface area contributed by atoms with E-state index in [0.717, 1.165) is 25.7 Å². The van der Waals surface area contributed by atoms with Crippen molar-refractivity contribution in [3.8, 4) is 0 Å². The molecule has 1 aromatic rings. The fourth-order valence-corrected chi connectivity index (χ4v) is 3.35. The molecule has 0 spiro atoms. The molecule has 2 rings (SSSR count). The molecule has 1 aliphatic rings. The minimum atomic E-state index is -0.779. The van der Waals surface area contributed by atoms with Gasteiger partial charge in [0.2, 0.25) is 0 Å². The number of rotatable bonds is 3. The summed E-state index contributed by atoms with van der Waals surface area (Å²) in [6, 6.07) is 5.01. The molecule has 106 valence electrons. The summed E-state index contributed by atoms with van der Waals surface area (Å²) in [7, 11) is 0. The van der Waals surface area contributed by atoms with Crippen molar-refractivity contribution >= 4 is 11.6 Å². The third kappa shape index (κ3) is 3.49. The molecule has 1 N–H and O–H groups in total. The van der Waals surface area contributed by atoms with E-state index in [1.165, 1.54) is 0 Å². The average molecular weight is 285 g/mol. The largest absolute Gasteiger partial charge is 0.390 e. The maximum atomic E-state index is 13.9. The van der Waals surface area contributed by atoms with Gasteiger partial charge in [0.1, 0.15) is 5.82 Å². The van der Waals surface area contributed by atoms with Crippen LogP contribution in [0.2, 0.25) is 5.02 Å². The summed E-state index contributed by atoms with van der Waals surface area (Å²) in [6.45, 7) is 4.38. The van der Waals surface area contributed by atoms with Crippen LogP contribution in [0.5, 0.6) is 0 Å². The van der Waals surface area contributed by atoms with Gasteiger partial charge in [0.25, 0.3) is 0 Å².